The second kappa shape index (κ2) is 9.39. The van der Waals surface area contributed by atoms with Crippen LogP contribution in [0.2, 0.25) is 0 Å². The van der Waals surface area contributed by atoms with Crippen LogP contribution in [-0.2, 0) is 19.1 Å². The zero-order chi connectivity index (χ0) is 17.4. The van der Waals surface area contributed by atoms with Gasteiger partial charge in [0, 0.05) is 0 Å². The average Bonchev–Trinajstić information content (AvgIpc) is 2.65. The van der Waals surface area contributed by atoms with Crippen LogP contribution in [0.1, 0.15) is 21.6 Å². The quantitative estimate of drug-likeness (QED) is 0.544. The van der Waals surface area contributed by atoms with Crippen molar-refractivity contribution in [2.45, 2.75) is 10.5 Å². The Labute approximate surface area is 149 Å². The second-order valence-electron chi connectivity index (χ2n) is 4.82. The van der Waals surface area contributed by atoms with Crippen molar-refractivity contribution < 1.29 is 19.1 Å². The molecule has 0 aliphatic heterocycles. The van der Waals surface area contributed by atoms with Crippen molar-refractivity contribution in [2.75, 3.05) is 14.2 Å². The van der Waals surface area contributed by atoms with Gasteiger partial charge in [-0.25, -0.2) is 0 Å². The van der Waals surface area contributed by atoms with E-state index in [1.807, 2.05) is 60.7 Å². The zero-order valence-corrected chi connectivity index (χ0v) is 15.0. The molecule has 2 unspecified atom stereocenters. The van der Waals surface area contributed by atoms with Crippen molar-refractivity contribution in [1.29, 1.82) is 0 Å². The molecular weight excluding hydrogens is 344 g/mol. The third-order valence-corrected chi connectivity index (χ3v) is 6.20. The van der Waals surface area contributed by atoms with Crippen LogP contribution in [0, 0.1) is 0 Å². The monoisotopic (exact) mass is 362 g/mol. The van der Waals surface area contributed by atoms with Gasteiger partial charge in [0.15, 0.2) is 0 Å². The highest BCUT2D eigenvalue weighted by Crippen LogP contribution is 2.47. The Hall–Kier alpha value is -1.92. The summed E-state index contributed by atoms with van der Waals surface area (Å²) in [6.45, 7) is 0. The smallest absolute Gasteiger partial charge is 0.324 e. The van der Waals surface area contributed by atoms with E-state index in [1.54, 1.807) is 0 Å². The molecule has 0 aliphatic rings. The van der Waals surface area contributed by atoms with E-state index >= 15 is 0 Å². The van der Waals surface area contributed by atoms with Gasteiger partial charge >= 0.3 is 11.9 Å². The molecule has 0 aliphatic carbocycles. The molecule has 2 atom stereocenters. The molecule has 2 aromatic carbocycles. The molecule has 2 aromatic rings. The molecular formula is C18H18O4S2. The summed E-state index contributed by atoms with van der Waals surface area (Å²) in [4.78, 5) is 24.3. The lowest BCUT2D eigenvalue weighted by Gasteiger charge is -2.18. The highest BCUT2D eigenvalue weighted by Gasteiger charge is 2.28. The fourth-order valence-electron chi connectivity index (χ4n) is 2.04. The van der Waals surface area contributed by atoms with Crippen LogP contribution < -0.4 is 0 Å². The first kappa shape index (κ1) is 18.4. The number of benzene rings is 2. The van der Waals surface area contributed by atoms with E-state index < -0.39 is 10.5 Å². The molecule has 0 aromatic heterocycles. The normalized spacial score (nSPS) is 12.9. The molecule has 0 saturated heterocycles. The maximum absolute atomic E-state index is 12.1. The Morgan fingerprint density at radius 1 is 0.708 bits per heavy atom. The van der Waals surface area contributed by atoms with E-state index in [4.69, 9.17) is 9.47 Å². The summed E-state index contributed by atoms with van der Waals surface area (Å²) in [6.07, 6.45) is 0. The molecule has 0 radical (unpaired) electrons. The van der Waals surface area contributed by atoms with E-state index in [0.717, 1.165) is 11.1 Å². The van der Waals surface area contributed by atoms with E-state index in [2.05, 4.69) is 0 Å². The molecule has 0 amide bonds. The van der Waals surface area contributed by atoms with Gasteiger partial charge in [0.25, 0.3) is 0 Å². The van der Waals surface area contributed by atoms with E-state index in [-0.39, 0.29) is 11.9 Å². The predicted molar refractivity (Wildman–Crippen MR) is 97.6 cm³/mol. The lowest BCUT2D eigenvalue weighted by molar-refractivity contribution is -0.141. The van der Waals surface area contributed by atoms with Crippen LogP contribution in [0.3, 0.4) is 0 Å². The Morgan fingerprint density at radius 3 is 1.33 bits per heavy atom. The van der Waals surface area contributed by atoms with Crippen LogP contribution in [0.4, 0.5) is 0 Å². The SMILES string of the molecule is COC(=O)C(SSC(C(=O)OC)c1ccccc1)c1ccccc1. The minimum atomic E-state index is -0.517. The van der Waals surface area contributed by atoms with Gasteiger partial charge in [0.05, 0.1) is 14.2 Å². The molecule has 0 N–H and O–H groups in total. The lowest BCUT2D eigenvalue weighted by Crippen LogP contribution is -2.13. The number of hydrogen-bond donors (Lipinski definition) is 0. The number of carbonyl (C=O) groups excluding carboxylic acids is 2. The van der Waals surface area contributed by atoms with Crippen molar-refractivity contribution in [2.24, 2.45) is 0 Å². The van der Waals surface area contributed by atoms with E-state index in [1.165, 1.54) is 35.8 Å². The van der Waals surface area contributed by atoms with Crippen LogP contribution in [-0.4, -0.2) is 26.2 Å². The predicted octanol–water partition coefficient (Wildman–Crippen LogP) is 4.20. The number of carbonyl (C=O) groups is 2. The number of hydrogen-bond acceptors (Lipinski definition) is 6. The summed E-state index contributed by atoms with van der Waals surface area (Å²) in [5.74, 6) is -0.703. The minimum Gasteiger partial charge on any atom is -0.468 e. The largest absolute Gasteiger partial charge is 0.468 e. The van der Waals surface area contributed by atoms with Gasteiger partial charge in [0.1, 0.15) is 10.5 Å². The summed E-state index contributed by atoms with van der Waals surface area (Å²) in [7, 11) is 5.31. The van der Waals surface area contributed by atoms with Crippen molar-refractivity contribution in [3.05, 3.63) is 71.8 Å². The third-order valence-electron chi connectivity index (χ3n) is 3.28. The summed E-state index contributed by atoms with van der Waals surface area (Å²) in [6, 6.07) is 18.7. The van der Waals surface area contributed by atoms with E-state index in [0.29, 0.717) is 0 Å². The first-order valence-electron chi connectivity index (χ1n) is 7.25. The first-order chi connectivity index (χ1) is 11.7. The molecule has 0 fully saturated rings. The van der Waals surface area contributed by atoms with Gasteiger partial charge in [-0.1, -0.05) is 82.3 Å². The highest BCUT2D eigenvalue weighted by atomic mass is 33.1. The second-order valence-corrected chi connectivity index (χ2v) is 7.30. The number of esters is 2. The van der Waals surface area contributed by atoms with Crippen LogP contribution in [0.25, 0.3) is 0 Å². The number of ether oxygens (including phenoxy) is 2. The highest BCUT2D eigenvalue weighted by molar-refractivity contribution is 8.77. The molecule has 4 nitrogen and oxygen atoms in total. The van der Waals surface area contributed by atoms with Gasteiger partial charge in [-0.2, -0.15) is 0 Å². The van der Waals surface area contributed by atoms with Gasteiger partial charge in [-0.3, -0.25) is 9.59 Å². The van der Waals surface area contributed by atoms with Crippen molar-refractivity contribution >= 4 is 33.5 Å². The standard InChI is InChI=1S/C18H18O4S2/c1-21-17(19)15(13-9-5-3-6-10-13)23-24-16(18(20)22-2)14-11-7-4-8-12-14/h3-12,15-16H,1-2H3. The van der Waals surface area contributed by atoms with Gasteiger partial charge < -0.3 is 9.47 Å². The zero-order valence-electron chi connectivity index (χ0n) is 13.4. The fourth-order valence-corrected chi connectivity index (χ4v) is 4.96. The number of methoxy groups -OCH3 is 2. The molecule has 0 saturated carbocycles. The Balaban J connectivity index is 2.19. The molecule has 0 heterocycles. The summed E-state index contributed by atoms with van der Waals surface area (Å²) >= 11 is 0. The number of rotatable bonds is 7. The Kier molecular flexibility index (Phi) is 7.21. The summed E-state index contributed by atoms with van der Waals surface area (Å²) in [5, 5.41) is -1.03. The topological polar surface area (TPSA) is 52.6 Å². The summed E-state index contributed by atoms with van der Waals surface area (Å²) in [5.41, 5.74) is 1.66. The maximum Gasteiger partial charge on any atom is 0.324 e. The molecule has 6 heteroatoms. The first-order valence-corrected chi connectivity index (χ1v) is 9.52. The Morgan fingerprint density at radius 2 is 1.04 bits per heavy atom. The van der Waals surface area contributed by atoms with Crippen molar-refractivity contribution in [3.63, 3.8) is 0 Å². The molecule has 0 bridgehead atoms. The van der Waals surface area contributed by atoms with Crippen LogP contribution in [0.5, 0.6) is 0 Å². The van der Waals surface area contributed by atoms with Crippen LogP contribution >= 0.6 is 21.6 Å². The lowest BCUT2D eigenvalue weighted by atomic mass is 10.1. The van der Waals surface area contributed by atoms with Gasteiger partial charge in [-0.05, 0) is 11.1 Å². The molecule has 126 valence electrons. The molecule has 0 spiro atoms. The molecule has 24 heavy (non-hydrogen) atoms. The van der Waals surface area contributed by atoms with Crippen LogP contribution in [0.15, 0.2) is 60.7 Å². The third kappa shape index (κ3) is 4.79. The van der Waals surface area contributed by atoms with Crippen molar-refractivity contribution in [3.8, 4) is 0 Å². The van der Waals surface area contributed by atoms with E-state index in [9.17, 15) is 9.59 Å². The average molecular weight is 362 g/mol. The maximum atomic E-state index is 12.1. The molecule has 2 rings (SSSR count). The Bertz CT molecular complexity index is 602. The van der Waals surface area contributed by atoms with Crippen molar-refractivity contribution in [1.82, 2.24) is 0 Å². The minimum absolute atomic E-state index is 0.352. The van der Waals surface area contributed by atoms with Gasteiger partial charge in [-0.15, -0.1) is 0 Å². The summed E-state index contributed by atoms with van der Waals surface area (Å²) < 4.78 is 9.80. The van der Waals surface area contributed by atoms with Gasteiger partial charge in [0.2, 0.25) is 0 Å². The fraction of sp³-hybridized carbons (Fsp3) is 0.222.